The summed E-state index contributed by atoms with van der Waals surface area (Å²) in [5, 5.41) is 0. The molecule has 2 saturated heterocycles. The molecule has 2 aliphatic rings. The molecule has 2 unspecified atom stereocenters. The van der Waals surface area contributed by atoms with Crippen LogP contribution in [0, 0.1) is 11.8 Å². The van der Waals surface area contributed by atoms with E-state index in [2.05, 4.69) is 0 Å². The van der Waals surface area contributed by atoms with Crippen LogP contribution < -0.4 is 0 Å². The van der Waals surface area contributed by atoms with Crippen molar-refractivity contribution in [2.24, 2.45) is 11.8 Å². The smallest absolute Gasteiger partial charge is 0.312 e. The largest absolute Gasteiger partial charge is 0.422 e. The van der Waals surface area contributed by atoms with Crippen molar-refractivity contribution in [1.29, 1.82) is 0 Å². The van der Waals surface area contributed by atoms with Crippen LogP contribution in [0.25, 0.3) is 0 Å². The van der Waals surface area contributed by atoms with Crippen molar-refractivity contribution in [2.45, 2.75) is 45.3 Å². The first-order valence-electron chi connectivity index (χ1n) is 5.56. The van der Waals surface area contributed by atoms with E-state index in [1.165, 1.54) is 0 Å². The minimum atomic E-state index is -0.921. The normalized spacial score (nSPS) is 39.6. The van der Waals surface area contributed by atoms with Gasteiger partial charge in [0.05, 0.1) is 11.8 Å². The Morgan fingerprint density at radius 3 is 1.73 bits per heavy atom. The zero-order valence-electron chi connectivity index (χ0n) is 9.12. The van der Waals surface area contributed by atoms with Gasteiger partial charge in [0.2, 0.25) is 0 Å². The Kier molecular flexibility index (Phi) is 2.44. The standard InChI is InChI=1S/C11H16O4/c1-3-7-5-11(14-9(7)12)6-8(4-2)10(13)15-11/h7-8H,3-6H2,1-2H3. The highest BCUT2D eigenvalue weighted by atomic mass is 16.7. The monoisotopic (exact) mass is 212 g/mol. The molecule has 2 aliphatic heterocycles. The Balaban J connectivity index is 2.12. The van der Waals surface area contributed by atoms with Crippen LogP contribution in [0.2, 0.25) is 0 Å². The summed E-state index contributed by atoms with van der Waals surface area (Å²) in [7, 11) is 0. The molecule has 2 fully saturated rings. The maximum atomic E-state index is 11.5. The van der Waals surface area contributed by atoms with Gasteiger partial charge in [-0.2, -0.15) is 0 Å². The van der Waals surface area contributed by atoms with Crippen LogP contribution in [0.3, 0.4) is 0 Å². The highest BCUT2D eigenvalue weighted by molar-refractivity contribution is 5.79. The summed E-state index contributed by atoms with van der Waals surface area (Å²) in [5.74, 6) is -1.57. The maximum Gasteiger partial charge on any atom is 0.312 e. The lowest BCUT2D eigenvalue weighted by atomic mass is 9.94. The van der Waals surface area contributed by atoms with Crippen LogP contribution in [0.1, 0.15) is 39.5 Å². The molecule has 0 saturated carbocycles. The molecule has 2 heterocycles. The summed E-state index contributed by atoms with van der Waals surface area (Å²) in [5.41, 5.74) is 0. The van der Waals surface area contributed by atoms with Gasteiger partial charge in [-0.3, -0.25) is 9.59 Å². The van der Waals surface area contributed by atoms with Gasteiger partial charge in [-0.05, 0) is 12.8 Å². The number of ether oxygens (including phenoxy) is 2. The summed E-state index contributed by atoms with van der Waals surface area (Å²) in [6.07, 6.45) is 2.55. The Morgan fingerprint density at radius 2 is 1.47 bits per heavy atom. The lowest BCUT2D eigenvalue weighted by Crippen LogP contribution is -2.27. The van der Waals surface area contributed by atoms with Crippen LogP contribution in [0.15, 0.2) is 0 Å². The average Bonchev–Trinajstić information content (AvgIpc) is 2.67. The third-order valence-corrected chi connectivity index (χ3v) is 3.34. The number of rotatable bonds is 2. The molecule has 15 heavy (non-hydrogen) atoms. The Morgan fingerprint density at radius 1 is 1.07 bits per heavy atom. The molecular weight excluding hydrogens is 196 g/mol. The second-order valence-corrected chi connectivity index (χ2v) is 4.37. The van der Waals surface area contributed by atoms with Crippen LogP contribution in [-0.4, -0.2) is 17.7 Å². The second-order valence-electron chi connectivity index (χ2n) is 4.37. The Labute approximate surface area is 88.9 Å². The molecular formula is C11H16O4. The van der Waals surface area contributed by atoms with Crippen LogP contribution in [0.4, 0.5) is 0 Å². The molecule has 0 aromatic heterocycles. The van der Waals surface area contributed by atoms with Crippen molar-refractivity contribution < 1.29 is 19.1 Å². The zero-order chi connectivity index (χ0) is 11.1. The van der Waals surface area contributed by atoms with Crippen LogP contribution in [-0.2, 0) is 19.1 Å². The molecule has 0 aliphatic carbocycles. The Hall–Kier alpha value is -1.06. The first kappa shape index (κ1) is 10.5. The van der Waals surface area contributed by atoms with Gasteiger partial charge in [-0.25, -0.2) is 0 Å². The van der Waals surface area contributed by atoms with Gasteiger partial charge in [-0.15, -0.1) is 0 Å². The highest BCUT2D eigenvalue weighted by Crippen LogP contribution is 2.44. The predicted octanol–water partition coefficient (Wildman–Crippen LogP) is 1.63. The van der Waals surface area contributed by atoms with E-state index >= 15 is 0 Å². The summed E-state index contributed by atoms with van der Waals surface area (Å²) in [4.78, 5) is 22.9. The molecule has 1 spiro atoms. The van der Waals surface area contributed by atoms with Crippen molar-refractivity contribution in [3.05, 3.63) is 0 Å². The van der Waals surface area contributed by atoms with Crippen molar-refractivity contribution in [3.8, 4) is 0 Å². The van der Waals surface area contributed by atoms with Crippen molar-refractivity contribution >= 4 is 11.9 Å². The summed E-state index contributed by atoms with van der Waals surface area (Å²) in [6.45, 7) is 3.89. The van der Waals surface area contributed by atoms with Gasteiger partial charge >= 0.3 is 11.9 Å². The number of hydrogen-bond acceptors (Lipinski definition) is 4. The summed E-state index contributed by atoms with van der Waals surface area (Å²) < 4.78 is 10.5. The van der Waals surface area contributed by atoms with E-state index < -0.39 is 5.79 Å². The topological polar surface area (TPSA) is 52.6 Å². The molecule has 0 N–H and O–H groups in total. The average molecular weight is 212 g/mol. The van der Waals surface area contributed by atoms with Gasteiger partial charge in [0.25, 0.3) is 5.79 Å². The van der Waals surface area contributed by atoms with Gasteiger partial charge < -0.3 is 9.47 Å². The van der Waals surface area contributed by atoms with Gasteiger partial charge in [-0.1, -0.05) is 13.8 Å². The van der Waals surface area contributed by atoms with E-state index in [1.54, 1.807) is 0 Å². The summed E-state index contributed by atoms with van der Waals surface area (Å²) in [6, 6.07) is 0. The Bertz CT molecular complexity index is 267. The highest BCUT2D eigenvalue weighted by Gasteiger charge is 2.55. The van der Waals surface area contributed by atoms with Crippen molar-refractivity contribution in [2.75, 3.05) is 0 Å². The molecule has 2 atom stereocenters. The van der Waals surface area contributed by atoms with Crippen LogP contribution in [0.5, 0.6) is 0 Å². The van der Waals surface area contributed by atoms with E-state index in [1.807, 2.05) is 13.8 Å². The molecule has 0 radical (unpaired) electrons. The number of carbonyl (C=O) groups is 2. The molecule has 0 amide bonds. The fourth-order valence-corrected chi connectivity index (χ4v) is 2.34. The molecule has 84 valence electrons. The minimum absolute atomic E-state index is 0.103. The quantitative estimate of drug-likeness (QED) is 0.653. The van der Waals surface area contributed by atoms with Gasteiger partial charge in [0.1, 0.15) is 0 Å². The molecule has 0 bridgehead atoms. The van der Waals surface area contributed by atoms with Gasteiger partial charge in [0.15, 0.2) is 0 Å². The second kappa shape index (κ2) is 3.51. The van der Waals surface area contributed by atoms with E-state index in [0.717, 1.165) is 12.8 Å². The number of carbonyl (C=O) groups excluding carboxylic acids is 2. The fraction of sp³-hybridized carbons (Fsp3) is 0.818. The van der Waals surface area contributed by atoms with Gasteiger partial charge in [0, 0.05) is 12.8 Å². The molecule has 0 aromatic carbocycles. The first-order chi connectivity index (χ1) is 7.10. The van der Waals surface area contributed by atoms with E-state index in [4.69, 9.17) is 9.47 Å². The third kappa shape index (κ3) is 1.62. The lowest BCUT2D eigenvalue weighted by Gasteiger charge is -2.19. The molecule has 4 heteroatoms. The lowest BCUT2D eigenvalue weighted by molar-refractivity contribution is -0.197. The first-order valence-corrected chi connectivity index (χ1v) is 5.56. The SMILES string of the molecule is CCC1CC2(CC(CC)C(=O)O2)OC1=O. The van der Waals surface area contributed by atoms with Crippen molar-refractivity contribution in [3.63, 3.8) is 0 Å². The zero-order valence-corrected chi connectivity index (χ0v) is 9.12. The molecule has 4 nitrogen and oxygen atoms in total. The molecule has 0 aromatic rings. The van der Waals surface area contributed by atoms with Crippen molar-refractivity contribution in [1.82, 2.24) is 0 Å². The minimum Gasteiger partial charge on any atom is -0.422 e. The van der Waals surface area contributed by atoms with E-state index in [9.17, 15) is 9.59 Å². The third-order valence-electron chi connectivity index (χ3n) is 3.34. The van der Waals surface area contributed by atoms with Crippen LogP contribution >= 0.6 is 0 Å². The molecule has 2 rings (SSSR count). The number of hydrogen-bond donors (Lipinski definition) is 0. The predicted molar refractivity (Wildman–Crippen MR) is 51.7 cm³/mol. The van der Waals surface area contributed by atoms with E-state index in [-0.39, 0.29) is 23.8 Å². The maximum absolute atomic E-state index is 11.5. The summed E-state index contributed by atoms with van der Waals surface area (Å²) >= 11 is 0. The fourth-order valence-electron chi connectivity index (χ4n) is 2.34. The van der Waals surface area contributed by atoms with E-state index in [0.29, 0.717) is 12.8 Å². The number of esters is 2.